The Balaban J connectivity index is 0.00000400. The summed E-state index contributed by atoms with van der Waals surface area (Å²) in [4.78, 5) is 22.3. The predicted octanol–water partition coefficient (Wildman–Crippen LogP) is 4.36. The number of anilines is 1. The molecule has 2 aromatic carbocycles. The summed E-state index contributed by atoms with van der Waals surface area (Å²) in [6.45, 7) is 4.14. The monoisotopic (exact) mass is 582 g/mol. The van der Waals surface area contributed by atoms with Gasteiger partial charge in [0.1, 0.15) is 21.7 Å². The van der Waals surface area contributed by atoms with Crippen molar-refractivity contribution >= 4 is 55.0 Å². The number of halogens is 1. The molecule has 0 saturated carbocycles. The van der Waals surface area contributed by atoms with Crippen LogP contribution in [0.25, 0.3) is 10.2 Å². The standard InChI is InChI=1S/C26H34N4O5S2.ClH/c1-18-7-6-14-29(17-18)37(32,33)20-10-8-19(9-11-20)25(31)30(16-15-28(2)3)26-27-23-21(34-4)12-13-22(35-5)24(23)36-26;/h8-13,18H,6-7,14-17H2,1-5H3;1H. The molecule has 3 aromatic rings. The Labute approximate surface area is 234 Å². The quantitative estimate of drug-likeness (QED) is 0.370. The van der Waals surface area contributed by atoms with Gasteiger partial charge in [0.25, 0.3) is 5.91 Å². The van der Waals surface area contributed by atoms with Crippen LogP contribution < -0.4 is 14.4 Å². The van der Waals surface area contributed by atoms with E-state index in [0.29, 0.717) is 59.8 Å². The minimum absolute atomic E-state index is 0. The molecule has 1 amide bonds. The number of carbonyl (C=O) groups excluding carboxylic acids is 1. The number of likely N-dealkylation sites (N-methyl/N-ethyl adjacent to an activating group) is 1. The van der Waals surface area contributed by atoms with Crippen molar-refractivity contribution < 1.29 is 22.7 Å². The number of aromatic nitrogens is 1. The van der Waals surface area contributed by atoms with Gasteiger partial charge in [0.2, 0.25) is 10.0 Å². The van der Waals surface area contributed by atoms with Crippen molar-refractivity contribution in [2.75, 3.05) is 59.4 Å². The van der Waals surface area contributed by atoms with Crippen molar-refractivity contribution in [2.24, 2.45) is 5.92 Å². The molecule has 2 heterocycles. The van der Waals surface area contributed by atoms with Crippen LogP contribution in [0.2, 0.25) is 0 Å². The number of hydrogen-bond donors (Lipinski definition) is 0. The van der Waals surface area contributed by atoms with Gasteiger partial charge in [-0.05, 0) is 69.3 Å². The van der Waals surface area contributed by atoms with Gasteiger partial charge in [-0.1, -0.05) is 18.3 Å². The van der Waals surface area contributed by atoms with E-state index in [0.717, 1.165) is 17.5 Å². The van der Waals surface area contributed by atoms with Gasteiger partial charge in [-0.15, -0.1) is 12.4 Å². The number of thiazole rings is 1. The van der Waals surface area contributed by atoms with Gasteiger partial charge in [0.05, 0.1) is 19.1 Å². The maximum Gasteiger partial charge on any atom is 0.260 e. The van der Waals surface area contributed by atoms with E-state index in [9.17, 15) is 13.2 Å². The molecule has 1 aromatic heterocycles. The largest absolute Gasteiger partial charge is 0.495 e. The zero-order chi connectivity index (χ0) is 26.7. The van der Waals surface area contributed by atoms with Crippen molar-refractivity contribution in [2.45, 2.75) is 24.7 Å². The van der Waals surface area contributed by atoms with Gasteiger partial charge in [0.15, 0.2) is 5.13 Å². The topological polar surface area (TPSA) is 92.3 Å². The van der Waals surface area contributed by atoms with E-state index in [1.54, 1.807) is 41.6 Å². The fraction of sp³-hybridized carbons (Fsp3) is 0.462. The summed E-state index contributed by atoms with van der Waals surface area (Å²) in [5.74, 6) is 1.33. The average molecular weight is 583 g/mol. The molecule has 208 valence electrons. The summed E-state index contributed by atoms with van der Waals surface area (Å²) >= 11 is 1.36. The van der Waals surface area contributed by atoms with Crippen molar-refractivity contribution in [1.29, 1.82) is 0 Å². The Morgan fingerprint density at radius 2 is 1.74 bits per heavy atom. The van der Waals surface area contributed by atoms with Gasteiger partial charge in [-0.3, -0.25) is 9.69 Å². The molecule has 0 radical (unpaired) electrons. The summed E-state index contributed by atoms with van der Waals surface area (Å²) in [6, 6.07) is 9.82. The van der Waals surface area contributed by atoms with Crippen LogP contribution in [0, 0.1) is 5.92 Å². The first-order valence-electron chi connectivity index (χ1n) is 12.2. The van der Waals surface area contributed by atoms with Crippen LogP contribution in [0.4, 0.5) is 5.13 Å². The molecule has 0 aliphatic carbocycles. The van der Waals surface area contributed by atoms with Crippen LogP contribution in [0.5, 0.6) is 11.5 Å². The molecule has 0 N–H and O–H groups in total. The van der Waals surface area contributed by atoms with Crippen LogP contribution in [0.15, 0.2) is 41.3 Å². The highest BCUT2D eigenvalue weighted by Crippen LogP contribution is 2.40. The maximum absolute atomic E-state index is 13.7. The molecule has 1 unspecified atom stereocenters. The SMILES string of the molecule is COc1ccc(OC)c2sc(N(CCN(C)C)C(=O)c3ccc(S(=O)(=O)N4CCCC(C)C4)cc3)nc12.Cl. The van der Waals surface area contributed by atoms with E-state index in [1.807, 2.05) is 25.1 Å². The average Bonchev–Trinajstić information content (AvgIpc) is 3.33. The molecule has 1 atom stereocenters. The van der Waals surface area contributed by atoms with Gasteiger partial charge in [-0.25, -0.2) is 13.4 Å². The van der Waals surface area contributed by atoms with E-state index < -0.39 is 10.0 Å². The van der Waals surface area contributed by atoms with E-state index >= 15 is 0 Å². The fourth-order valence-electron chi connectivity index (χ4n) is 4.41. The summed E-state index contributed by atoms with van der Waals surface area (Å²) in [5.41, 5.74) is 1.02. The van der Waals surface area contributed by atoms with Crippen LogP contribution in [0.3, 0.4) is 0 Å². The van der Waals surface area contributed by atoms with E-state index in [-0.39, 0.29) is 23.2 Å². The zero-order valence-electron chi connectivity index (χ0n) is 22.3. The molecule has 1 aliphatic heterocycles. The Bertz CT molecular complexity index is 1320. The van der Waals surface area contributed by atoms with Gasteiger partial charge in [-0.2, -0.15) is 4.31 Å². The van der Waals surface area contributed by atoms with Crippen molar-refractivity contribution in [1.82, 2.24) is 14.2 Å². The Morgan fingerprint density at radius 1 is 1.08 bits per heavy atom. The highest BCUT2D eigenvalue weighted by atomic mass is 35.5. The van der Waals surface area contributed by atoms with Crippen LogP contribution in [-0.4, -0.2) is 83.0 Å². The number of fused-ring (bicyclic) bond motifs is 1. The lowest BCUT2D eigenvalue weighted by atomic mass is 10.0. The number of sulfonamides is 1. The first-order chi connectivity index (χ1) is 17.6. The molecule has 38 heavy (non-hydrogen) atoms. The first-order valence-corrected chi connectivity index (χ1v) is 14.5. The number of methoxy groups -OCH3 is 2. The number of nitrogens with zero attached hydrogens (tertiary/aromatic N) is 4. The number of ether oxygens (including phenoxy) is 2. The molecule has 1 fully saturated rings. The molecular weight excluding hydrogens is 548 g/mol. The van der Waals surface area contributed by atoms with Crippen molar-refractivity contribution in [3.8, 4) is 11.5 Å². The fourth-order valence-corrected chi connectivity index (χ4v) is 7.11. The third-order valence-electron chi connectivity index (χ3n) is 6.50. The van der Waals surface area contributed by atoms with Gasteiger partial charge >= 0.3 is 0 Å². The molecule has 12 heteroatoms. The second kappa shape index (κ2) is 12.6. The number of rotatable bonds is 9. The second-order valence-electron chi connectivity index (χ2n) is 9.54. The number of hydrogen-bond acceptors (Lipinski definition) is 8. The zero-order valence-corrected chi connectivity index (χ0v) is 24.8. The summed E-state index contributed by atoms with van der Waals surface area (Å²) in [6.07, 6.45) is 1.89. The molecular formula is C26H35ClN4O5S2. The molecule has 0 spiro atoms. The lowest BCUT2D eigenvalue weighted by Gasteiger charge is -2.30. The minimum Gasteiger partial charge on any atom is -0.495 e. The van der Waals surface area contributed by atoms with Crippen molar-refractivity contribution in [3.05, 3.63) is 42.0 Å². The summed E-state index contributed by atoms with van der Waals surface area (Å²) < 4.78 is 39.6. The number of piperidine rings is 1. The predicted molar refractivity (Wildman–Crippen MR) is 154 cm³/mol. The minimum atomic E-state index is -3.60. The van der Waals surface area contributed by atoms with E-state index in [4.69, 9.17) is 14.5 Å². The Kier molecular flexibility index (Phi) is 9.99. The molecule has 1 aliphatic rings. The second-order valence-corrected chi connectivity index (χ2v) is 12.5. The molecule has 0 bridgehead atoms. The molecule has 1 saturated heterocycles. The third kappa shape index (κ3) is 6.23. The summed E-state index contributed by atoms with van der Waals surface area (Å²) in [7, 11) is 3.45. The van der Waals surface area contributed by atoms with Crippen LogP contribution in [-0.2, 0) is 10.0 Å². The van der Waals surface area contributed by atoms with Crippen LogP contribution >= 0.6 is 23.7 Å². The van der Waals surface area contributed by atoms with E-state index in [2.05, 4.69) is 6.92 Å². The van der Waals surface area contributed by atoms with Crippen molar-refractivity contribution in [3.63, 3.8) is 0 Å². The summed E-state index contributed by atoms with van der Waals surface area (Å²) in [5, 5.41) is 0.517. The number of benzene rings is 2. The Hall–Kier alpha value is -2.44. The maximum atomic E-state index is 13.7. The highest BCUT2D eigenvalue weighted by Gasteiger charge is 2.29. The number of amides is 1. The van der Waals surface area contributed by atoms with Crippen LogP contribution in [0.1, 0.15) is 30.1 Å². The Morgan fingerprint density at radius 3 is 2.34 bits per heavy atom. The molecule has 9 nitrogen and oxygen atoms in total. The third-order valence-corrected chi connectivity index (χ3v) is 9.48. The lowest BCUT2D eigenvalue weighted by molar-refractivity contribution is 0.0985. The highest BCUT2D eigenvalue weighted by molar-refractivity contribution is 7.89. The first kappa shape index (κ1) is 30.1. The lowest BCUT2D eigenvalue weighted by Crippen LogP contribution is -2.39. The van der Waals surface area contributed by atoms with Gasteiger partial charge in [0, 0.05) is 31.7 Å². The molecule has 4 rings (SSSR count). The smallest absolute Gasteiger partial charge is 0.260 e. The van der Waals surface area contributed by atoms with Gasteiger partial charge < -0.3 is 14.4 Å². The number of carbonyl (C=O) groups is 1. The normalized spacial score (nSPS) is 16.3. The van der Waals surface area contributed by atoms with E-state index in [1.165, 1.54) is 23.5 Å².